The summed E-state index contributed by atoms with van der Waals surface area (Å²) in [5.74, 6) is 0.929. The summed E-state index contributed by atoms with van der Waals surface area (Å²) in [7, 11) is -3.35. The minimum Gasteiger partial charge on any atom is -0.456 e. The fourth-order valence-corrected chi connectivity index (χ4v) is 3.17. The normalized spacial score (nSPS) is 17.5. The SMILES string of the molecule is CS(=O)(=O)NCC1COCCN1C(=O)c1ccc(Oc2ccccc2)cn1. The number of benzene rings is 1. The number of hydrogen-bond donors (Lipinski definition) is 1. The monoisotopic (exact) mass is 391 g/mol. The van der Waals surface area contributed by atoms with Gasteiger partial charge in [-0.2, -0.15) is 0 Å². The lowest BCUT2D eigenvalue weighted by molar-refractivity contribution is -0.000425. The number of morpholine rings is 1. The molecular weight excluding hydrogens is 370 g/mol. The van der Waals surface area contributed by atoms with E-state index in [9.17, 15) is 13.2 Å². The van der Waals surface area contributed by atoms with E-state index in [1.807, 2.05) is 30.3 Å². The molecule has 1 saturated heterocycles. The fourth-order valence-electron chi connectivity index (χ4n) is 2.68. The molecule has 1 aromatic carbocycles. The molecular formula is C18H21N3O5S. The summed E-state index contributed by atoms with van der Waals surface area (Å²) in [4.78, 5) is 18.6. The van der Waals surface area contributed by atoms with E-state index in [1.54, 1.807) is 17.0 Å². The highest BCUT2D eigenvalue weighted by atomic mass is 32.2. The number of nitrogens with one attached hydrogen (secondary N) is 1. The quantitative estimate of drug-likeness (QED) is 0.796. The van der Waals surface area contributed by atoms with Crippen LogP contribution in [0, 0.1) is 0 Å². The molecule has 144 valence electrons. The van der Waals surface area contributed by atoms with Crippen molar-refractivity contribution in [3.05, 3.63) is 54.4 Å². The summed E-state index contributed by atoms with van der Waals surface area (Å²) in [6.45, 7) is 1.14. The molecule has 3 rings (SSSR count). The Morgan fingerprint density at radius 1 is 1.26 bits per heavy atom. The molecule has 9 heteroatoms. The van der Waals surface area contributed by atoms with Crippen LogP contribution in [0.3, 0.4) is 0 Å². The number of aromatic nitrogens is 1. The first-order valence-electron chi connectivity index (χ1n) is 8.45. The van der Waals surface area contributed by atoms with Crippen LogP contribution in [0.2, 0.25) is 0 Å². The summed E-state index contributed by atoms with van der Waals surface area (Å²) in [6.07, 6.45) is 2.57. The van der Waals surface area contributed by atoms with Gasteiger partial charge in [0.2, 0.25) is 10.0 Å². The molecule has 0 spiro atoms. The van der Waals surface area contributed by atoms with Gasteiger partial charge in [-0.15, -0.1) is 0 Å². The molecule has 1 fully saturated rings. The first kappa shape index (κ1) is 19.3. The molecule has 1 aliphatic rings. The molecule has 1 amide bonds. The van der Waals surface area contributed by atoms with E-state index in [0.29, 0.717) is 24.7 Å². The summed E-state index contributed by atoms with van der Waals surface area (Å²) >= 11 is 0. The number of rotatable bonds is 6. The average Bonchev–Trinajstić information content (AvgIpc) is 2.67. The smallest absolute Gasteiger partial charge is 0.272 e. The van der Waals surface area contributed by atoms with Gasteiger partial charge in [-0.1, -0.05) is 18.2 Å². The number of nitrogens with zero attached hydrogens (tertiary/aromatic N) is 2. The lowest BCUT2D eigenvalue weighted by atomic mass is 10.2. The second-order valence-electron chi connectivity index (χ2n) is 6.14. The first-order valence-corrected chi connectivity index (χ1v) is 10.3. The third-order valence-electron chi connectivity index (χ3n) is 4.00. The highest BCUT2D eigenvalue weighted by molar-refractivity contribution is 7.88. The number of hydrogen-bond acceptors (Lipinski definition) is 6. The predicted molar refractivity (Wildman–Crippen MR) is 99.2 cm³/mol. The van der Waals surface area contributed by atoms with Crippen LogP contribution in [-0.2, 0) is 14.8 Å². The minimum absolute atomic E-state index is 0.0970. The molecule has 1 aromatic heterocycles. The Kier molecular flexibility index (Phi) is 6.04. The van der Waals surface area contributed by atoms with Crippen LogP contribution < -0.4 is 9.46 Å². The Labute approximate surface area is 158 Å². The molecule has 0 saturated carbocycles. The van der Waals surface area contributed by atoms with E-state index in [2.05, 4.69) is 9.71 Å². The topological polar surface area (TPSA) is 97.8 Å². The molecule has 0 radical (unpaired) electrons. The standard InChI is InChI=1S/C18H21N3O5S/c1-27(23,24)20-11-14-13-25-10-9-21(14)18(22)17-8-7-16(12-19-17)26-15-5-3-2-4-6-15/h2-8,12,14,20H,9-11,13H2,1H3. The van der Waals surface area contributed by atoms with Gasteiger partial charge < -0.3 is 14.4 Å². The van der Waals surface area contributed by atoms with Gasteiger partial charge in [0.15, 0.2) is 0 Å². The number of sulfonamides is 1. The van der Waals surface area contributed by atoms with E-state index >= 15 is 0 Å². The third kappa shape index (κ3) is 5.49. The van der Waals surface area contributed by atoms with E-state index in [1.165, 1.54) is 6.20 Å². The van der Waals surface area contributed by atoms with Crippen LogP contribution >= 0.6 is 0 Å². The van der Waals surface area contributed by atoms with Gasteiger partial charge >= 0.3 is 0 Å². The molecule has 2 heterocycles. The Morgan fingerprint density at radius 3 is 2.70 bits per heavy atom. The maximum atomic E-state index is 12.8. The summed E-state index contributed by atoms with van der Waals surface area (Å²) in [6, 6.07) is 12.2. The predicted octanol–water partition coefficient (Wildman–Crippen LogP) is 1.26. The number of para-hydroxylation sites is 1. The summed E-state index contributed by atoms with van der Waals surface area (Å²) in [5, 5.41) is 0. The Hall–Kier alpha value is -2.49. The summed E-state index contributed by atoms with van der Waals surface area (Å²) < 4.78 is 36.1. The van der Waals surface area contributed by atoms with Crippen LogP contribution in [0.5, 0.6) is 11.5 Å². The second-order valence-corrected chi connectivity index (χ2v) is 7.98. The van der Waals surface area contributed by atoms with Crippen molar-refractivity contribution in [3.8, 4) is 11.5 Å². The molecule has 1 unspecified atom stereocenters. The average molecular weight is 391 g/mol. The van der Waals surface area contributed by atoms with Gasteiger partial charge in [-0.25, -0.2) is 18.1 Å². The highest BCUT2D eigenvalue weighted by Gasteiger charge is 2.29. The van der Waals surface area contributed by atoms with Crippen molar-refractivity contribution in [3.63, 3.8) is 0 Å². The van der Waals surface area contributed by atoms with Crippen molar-refractivity contribution in [2.45, 2.75) is 6.04 Å². The zero-order valence-corrected chi connectivity index (χ0v) is 15.7. The molecule has 2 aromatic rings. The molecule has 1 N–H and O–H groups in total. The number of pyridine rings is 1. The Balaban J connectivity index is 1.68. The molecule has 1 atom stereocenters. The van der Waals surface area contributed by atoms with Gasteiger partial charge in [0.05, 0.1) is 31.7 Å². The van der Waals surface area contributed by atoms with E-state index in [0.717, 1.165) is 6.26 Å². The first-order chi connectivity index (χ1) is 12.9. The number of ether oxygens (including phenoxy) is 2. The van der Waals surface area contributed by atoms with E-state index in [-0.39, 0.29) is 30.8 Å². The maximum absolute atomic E-state index is 12.8. The molecule has 1 aliphatic heterocycles. The summed E-state index contributed by atoms with van der Waals surface area (Å²) in [5.41, 5.74) is 0.265. The number of carbonyl (C=O) groups excluding carboxylic acids is 1. The zero-order chi connectivity index (χ0) is 19.3. The Morgan fingerprint density at radius 2 is 2.04 bits per heavy atom. The largest absolute Gasteiger partial charge is 0.456 e. The molecule has 8 nitrogen and oxygen atoms in total. The fraction of sp³-hybridized carbons (Fsp3) is 0.333. The van der Waals surface area contributed by atoms with Crippen LogP contribution in [0.4, 0.5) is 0 Å². The lowest BCUT2D eigenvalue weighted by Crippen LogP contribution is -2.53. The number of carbonyl (C=O) groups is 1. The van der Waals surface area contributed by atoms with Gasteiger partial charge in [0.25, 0.3) is 5.91 Å². The van der Waals surface area contributed by atoms with Crippen molar-refractivity contribution in [1.82, 2.24) is 14.6 Å². The van der Waals surface area contributed by atoms with Crippen LogP contribution in [0.25, 0.3) is 0 Å². The van der Waals surface area contributed by atoms with Crippen LogP contribution in [0.1, 0.15) is 10.5 Å². The van der Waals surface area contributed by atoms with Gasteiger partial charge in [0, 0.05) is 13.1 Å². The highest BCUT2D eigenvalue weighted by Crippen LogP contribution is 2.20. The van der Waals surface area contributed by atoms with Crippen molar-refractivity contribution >= 4 is 15.9 Å². The van der Waals surface area contributed by atoms with Gasteiger partial charge in [-0.3, -0.25) is 4.79 Å². The molecule has 0 aliphatic carbocycles. The second kappa shape index (κ2) is 8.47. The van der Waals surface area contributed by atoms with Crippen molar-refractivity contribution in [1.29, 1.82) is 0 Å². The van der Waals surface area contributed by atoms with E-state index in [4.69, 9.17) is 9.47 Å². The van der Waals surface area contributed by atoms with E-state index < -0.39 is 10.0 Å². The molecule has 27 heavy (non-hydrogen) atoms. The lowest BCUT2D eigenvalue weighted by Gasteiger charge is -2.35. The van der Waals surface area contributed by atoms with Crippen molar-refractivity contribution in [2.24, 2.45) is 0 Å². The van der Waals surface area contributed by atoms with Crippen molar-refractivity contribution < 1.29 is 22.7 Å². The minimum atomic E-state index is -3.35. The van der Waals surface area contributed by atoms with Gasteiger partial charge in [-0.05, 0) is 24.3 Å². The van der Waals surface area contributed by atoms with Crippen molar-refractivity contribution in [2.75, 3.05) is 32.6 Å². The van der Waals surface area contributed by atoms with Gasteiger partial charge in [0.1, 0.15) is 17.2 Å². The molecule has 0 bridgehead atoms. The zero-order valence-electron chi connectivity index (χ0n) is 14.9. The third-order valence-corrected chi connectivity index (χ3v) is 4.69. The van der Waals surface area contributed by atoms with Crippen LogP contribution in [-0.4, -0.2) is 62.8 Å². The number of amides is 1. The maximum Gasteiger partial charge on any atom is 0.272 e. The Bertz CT molecular complexity index is 872. The van der Waals surface area contributed by atoms with Crippen LogP contribution in [0.15, 0.2) is 48.7 Å².